The maximum Gasteiger partial charge on any atom is 0.125 e. The van der Waals surface area contributed by atoms with Gasteiger partial charge in [0.1, 0.15) is 12.6 Å². The fourth-order valence-electron chi connectivity index (χ4n) is 1.31. The van der Waals surface area contributed by atoms with Crippen molar-refractivity contribution in [3.8, 4) is 0 Å². The number of rotatable bonds is 8. The molecule has 0 aromatic rings. The van der Waals surface area contributed by atoms with Gasteiger partial charge >= 0.3 is 0 Å². The molecule has 0 N–H and O–H groups in total. The van der Waals surface area contributed by atoms with Crippen LogP contribution in [0.25, 0.3) is 0 Å². The highest BCUT2D eigenvalue weighted by atomic mass is 16.5. The molecule has 0 spiro atoms. The van der Waals surface area contributed by atoms with Gasteiger partial charge in [0.15, 0.2) is 0 Å². The largest absolute Gasteiger partial charge is 0.377 e. The maximum atomic E-state index is 10.6. The van der Waals surface area contributed by atoms with Crippen LogP contribution in [0.5, 0.6) is 0 Å². The topological polar surface area (TPSA) is 52.6 Å². The number of carbonyl (C=O) groups excluding carboxylic acids is 2. The quantitative estimate of drug-likeness (QED) is 0.463. The van der Waals surface area contributed by atoms with Gasteiger partial charge in [-0.05, 0) is 0 Å². The minimum atomic E-state index is -0.283. The van der Waals surface area contributed by atoms with E-state index in [1.165, 1.54) is 0 Å². The molecule has 0 rings (SSSR count). The highest BCUT2D eigenvalue weighted by Crippen LogP contribution is 2.10. The van der Waals surface area contributed by atoms with Crippen LogP contribution in [0.15, 0.2) is 12.2 Å². The molecule has 0 amide bonds. The Morgan fingerprint density at radius 1 is 0.812 bits per heavy atom. The number of methoxy groups -OCH3 is 2. The summed E-state index contributed by atoms with van der Waals surface area (Å²) in [6.07, 6.45) is 4.62. The van der Waals surface area contributed by atoms with Gasteiger partial charge in [0.2, 0.25) is 0 Å². The van der Waals surface area contributed by atoms with Crippen LogP contribution >= 0.6 is 0 Å². The highest BCUT2D eigenvalue weighted by molar-refractivity contribution is 5.55. The predicted molar refractivity (Wildman–Crippen MR) is 61.2 cm³/mol. The maximum absolute atomic E-state index is 10.6. The third-order valence-corrected chi connectivity index (χ3v) is 2.50. The summed E-state index contributed by atoms with van der Waals surface area (Å²) in [6, 6.07) is 0. The number of hydrogen-bond donors (Lipinski definition) is 0. The van der Waals surface area contributed by atoms with Crippen LogP contribution in [-0.4, -0.2) is 39.0 Å². The predicted octanol–water partition coefficient (Wildman–Crippen LogP) is 1.24. The number of carbonyl (C=O) groups is 2. The Balaban J connectivity index is 4.51. The molecule has 92 valence electrons. The summed E-state index contributed by atoms with van der Waals surface area (Å²) in [7, 11) is 3.08. The van der Waals surface area contributed by atoms with E-state index < -0.39 is 0 Å². The third kappa shape index (κ3) is 4.68. The summed E-state index contributed by atoms with van der Waals surface area (Å²) in [5, 5.41) is 0. The summed E-state index contributed by atoms with van der Waals surface area (Å²) in [6.45, 7) is 3.55. The lowest BCUT2D eigenvalue weighted by Gasteiger charge is -2.17. The van der Waals surface area contributed by atoms with Crippen molar-refractivity contribution in [3.63, 3.8) is 0 Å². The van der Waals surface area contributed by atoms with Gasteiger partial charge in [-0.1, -0.05) is 26.0 Å². The number of ether oxygens (including phenoxy) is 2. The number of aldehydes is 2. The first-order valence-corrected chi connectivity index (χ1v) is 5.25. The zero-order valence-electron chi connectivity index (χ0n) is 10.3. The van der Waals surface area contributed by atoms with E-state index >= 15 is 0 Å². The van der Waals surface area contributed by atoms with Crippen LogP contribution in [0.3, 0.4) is 0 Å². The molecule has 4 unspecified atom stereocenters. The Morgan fingerprint density at radius 3 is 1.31 bits per heavy atom. The summed E-state index contributed by atoms with van der Waals surface area (Å²) in [5.41, 5.74) is 0. The average molecular weight is 228 g/mol. The fraction of sp³-hybridized carbons (Fsp3) is 0.667. The lowest BCUT2D eigenvalue weighted by atomic mass is 10.0. The average Bonchev–Trinajstić information content (AvgIpc) is 2.33. The molecule has 0 aliphatic carbocycles. The monoisotopic (exact) mass is 228 g/mol. The molecule has 0 bridgehead atoms. The fourth-order valence-corrected chi connectivity index (χ4v) is 1.31. The molecular formula is C12H20O4. The summed E-state index contributed by atoms with van der Waals surface area (Å²) >= 11 is 0. The third-order valence-electron chi connectivity index (χ3n) is 2.50. The first-order valence-electron chi connectivity index (χ1n) is 5.25. The minimum absolute atomic E-state index is 0.217. The Labute approximate surface area is 96.6 Å². The summed E-state index contributed by atoms with van der Waals surface area (Å²) in [5.74, 6) is -0.435. The zero-order chi connectivity index (χ0) is 12.6. The lowest BCUT2D eigenvalue weighted by Crippen LogP contribution is -2.22. The van der Waals surface area contributed by atoms with Crippen molar-refractivity contribution in [2.45, 2.75) is 26.1 Å². The molecule has 0 aliphatic rings. The van der Waals surface area contributed by atoms with Crippen molar-refractivity contribution >= 4 is 12.6 Å². The van der Waals surface area contributed by atoms with E-state index in [0.717, 1.165) is 12.6 Å². The Bertz CT molecular complexity index is 213. The van der Waals surface area contributed by atoms with Crippen molar-refractivity contribution in [1.82, 2.24) is 0 Å². The molecule has 0 radical (unpaired) electrons. The summed E-state index contributed by atoms with van der Waals surface area (Å²) in [4.78, 5) is 21.2. The van der Waals surface area contributed by atoms with Crippen LogP contribution < -0.4 is 0 Å². The van der Waals surface area contributed by atoms with Crippen LogP contribution in [-0.2, 0) is 19.1 Å². The van der Waals surface area contributed by atoms with Crippen LogP contribution in [0, 0.1) is 11.8 Å². The van der Waals surface area contributed by atoms with Gasteiger partial charge in [0.05, 0.1) is 12.2 Å². The van der Waals surface area contributed by atoms with Gasteiger partial charge in [0, 0.05) is 26.1 Å². The van der Waals surface area contributed by atoms with Crippen molar-refractivity contribution in [2.75, 3.05) is 14.2 Å². The van der Waals surface area contributed by atoms with Crippen molar-refractivity contribution in [2.24, 2.45) is 11.8 Å². The zero-order valence-corrected chi connectivity index (χ0v) is 10.3. The van der Waals surface area contributed by atoms with E-state index in [9.17, 15) is 9.59 Å². The van der Waals surface area contributed by atoms with Crippen molar-refractivity contribution < 1.29 is 19.1 Å². The molecule has 16 heavy (non-hydrogen) atoms. The summed E-state index contributed by atoms with van der Waals surface area (Å²) < 4.78 is 10.3. The van der Waals surface area contributed by atoms with Crippen LogP contribution in [0.1, 0.15) is 13.8 Å². The molecule has 4 nitrogen and oxygen atoms in total. The van der Waals surface area contributed by atoms with Gasteiger partial charge in [-0.3, -0.25) is 0 Å². The number of hydrogen-bond acceptors (Lipinski definition) is 4. The van der Waals surface area contributed by atoms with Crippen molar-refractivity contribution in [3.05, 3.63) is 12.2 Å². The van der Waals surface area contributed by atoms with Crippen LogP contribution in [0.2, 0.25) is 0 Å². The molecule has 0 heterocycles. The first kappa shape index (κ1) is 15.0. The standard InChI is InChI=1S/C12H20O4/c1-9(7-13)11(15-3)5-6-12(16-4)10(2)8-14/h5-12H,1-4H3. The van der Waals surface area contributed by atoms with E-state index in [1.807, 2.05) is 0 Å². The van der Waals surface area contributed by atoms with E-state index in [4.69, 9.17) is 9.47 Å². The molecule has 4 heteroatoms. The van der Waals surface area contributed by atoms with Crippen LogP contribution in [0.4, 0.5) is 0 Å². The van der Waals surface area contributed by atoms with Crippen molar-refractivity contribution in [1.29, 1.82) is 0 Å². The molecule has 0 fully saturated rings. The molecule has 0 aromatic heterocycles. The van der Waals surface area contributed by atoms with Gasteiger partial charge in [0.25, 0.3) is 0 Å². The highest BCUT2D eigenvalue weighted by Gasteiger charge is 2.16. The van der Waals surface area contributed by atoms with Gasteiger partial charge < -0.3 is 19.1 Å². The normalized spacial score (nSPS) is 19.0. The van der Waals surface area contributed by atoms with Gasteiger partial charge in [-0.15, -0.1) is 0 Å². The second-order valence-corrected chi connectivity index (χ2v) is 3.78. The SMILES string of the molecule is COC(C=CC(OC)C(C)C=O)C(C)C=O. The van der Waals surface area contributed by atoms with E-state index in [0.29, 0.717) is 0 Å². The molecule has 0 aliphatic heterocycles. The molecular weight excluding hydrogens is 208 g/mol. The molecule has 0 aromatic carbocycles. The lowest BCUT2D eigenvalue weighted by molar-refractivity contribution is -0.114. The van der Waals surface area contributed by atoms with Gasteiger partial charge in [-0.2, -0.15) is 0 Å². The second-order valence-electron chi connectivity index (χ2n) is 3.78. The molecule has 0 saturated carbocycles. The molecule has 4 atom stereocenters. The minimum Gasteiger partial charge on any atom is -0.377 e. The Hall–Kier alpha value is -1.00. The van der Waals surface area contributed by atoms with E-state index in [-0.39, 0.29) is 24.0 Å². The second kappa shape index (κ2) is 8.19. The van der Waals surface area contributed by atoms with Gasteiger partial charge in [-0.25, -0.2) is 0 Å². The Kier molecular flexibility index (Phi) is 7.68. The van der Waals surface area contributed by atoms with E-state index in [1.54, 1.807) is 40.2 Å². The smallest absolute Gasteiger partial charge is 0.125 e. The molecule has 0 saturated heterocycles. The van der Waals surface area contributed by atoms with E-state index in [2.05, 4.69) is 0 Å². The Morgan fingerprint density at radius 2 is 1.12 bits per heavy atom. The first-order chi connectivity index (χ1) is 7.60.